The second kappa shape index (κ2) is 6.08. The second-order valence-corrected chi connectivity index (χ2v) is 5.28. The van der Waals surface area contributed by atoms with Gasteiger partial charge in [-0.15, -0.1) is 0 Å². The van der Waals surface area contributed by atoms with E-state index in [4.69, 9.17) is 9.16 Å². The fourth-order valence-electron chi connectivity index (χ4n) is 2.75. The molecule has 1 aliphatic heterocycles. The van der Waals surface area contributed by atoms with Gasteiger partial charge in [-0.2, -0.15) is 13.2 Å². The zero-order valence-corrected chi connectivity index (χ0v) is 12.0. The van der Waals surface area contributed by atoms with Crippen LogP contribution in [0.3, 0.4) is 0 Å². The fourth-order valence-corrected chi connectivity index (χ4v) is 2.75. The van der Waals surface area contributed by atoms with Gasteiger partial charge in [0.05, 0.1) is 18.8 Å². The third-order valence-corrected chi connectivity index (χ3v) is 3.75. The molecule has 0 spiro atoms. The largest absolute Gasteiger partial charge is 0.479 e. The van der Waals surface area contributed by atoms with Crippen molar-refractivity contribution in [3.8, 4) is 0 Å². The summed E-state index contributed by atoms with van der Waals surface area (Å²) in [5, 5.41) is 0. The number of ether oxygens (including phenoxy) is 1. The quantitative estimate of drug-likeness (QED) is 0.715. The summed E-state index contributed by atoms with van der Waals surface area (Å²) in [7, 11) is 0. The molecule has 0 radical (unpaired) electrons. The molecule has 0 unspecified atom stereocenters. The summed E-state index contributed by atoms with van der Waals surface area (Å²) in [5.74, 6) is 0.268. The zero-order chi connectivity index (χ0) is 15.6. The van der Waals surface area contributed by atoms with Crippen molar-refractivity contribution < 1.29 is 22.3 Å². The summed E-state index contributed by atoms with van der Waals surface area (Å²) < 4.78 is 47.4. The smallest absolute Gasteiger partial charge is 0.381 e. The van der Waals surface area contributed by atoms with Crippen molar-refractivity contribution in [3.05, 3.63) is 53.1 Å². The van der Waals surface area contributed by atoms with E-state index >= 15 is 0 Å². The molecule has 0 N–H and O–H groups in total. The maximum absolute atomic E-state index is 12.4. The van der Waals surface area contributed by atoms with Gasteiger partial charge in [0.1, 0.15) is 0 Å². The van der Waals surface area contributed by atoms with Crippen LogP contribution in [0.15, 0.2) is 42.0 Å². The van der Waals surface area contributed by atoms with Crippen LogP contribution in [0.1, 0.15) is 28.4 Å². The lowest BCUT2D eigenvalue weighted by Gasteiger charge is -2.20. The van der Waals surface area contributed by atoms with Crippen molar-refractivity contribution in [2.75, 3.05) is 19.8 Å². The molecule has 0 aromatic heterocycles. The molecule has 0 atom stereocenters. The third-order valence-electron chi connectivity index (χ3n) is 3.75. The SMILES string of the molecule is FC(F)(F)C[O+]=C1C=CC(=C2CCOCC2)c2ccccc21. The standard InChI is InChI=1S/C17H16F3O2/c18-17(19,20)11-22-16-6-5-13(12-7-9-21-10-8-12)14-3-1-2-4-15(14)16/h1-6H,7-11H2/q+1. The van der Waals surface area contributed by atoms with Crippen LogP contribution in [0.2, 0.25) is 0 Å². The van der Waals surface area contributed by atoms with Crippen LogP contribution in [0.5, 0.6) is 0 Å². The minimum atomic E-state index is -4.34. The lowest BCUT2D eigenvalue weighted by atomic mass is 9.86. The van der Waals surface area contributed by atoms with Crippen molar-refractivity contribution in [1.29, 1.82) is 0 Å². The van der Waals surface area contributed by atoms with Crippen LogP contribution in [-0.4, -0.2) is 31.8 Å². The molecule has 0 amide bonds. The Kier molecular flexibility index (Phi) is 4.16. The minimum Gasteiger partial charge on any atom is -0.381 e. The molecule has 2 nitrogen and oxygen atoms in total. The lowest BCUT2D eigenvalue weighted by Crippen LogP contribution is -2.17. The number of alkyl halides is 3. The molecule has 1 aliphatic carbocycles. The lowest BCUT2D eigenvalue weighted by molar-refractivity contribution is -0.351. The summed E-state index contributed by atoms with van der Waals surface area (Å²) in [4.78, 5) is 0. The van der Waals surface area contributed by atoms with Gasteiger partial charge in [-0.25, -0.2) is 4.42 Å². The monoisotopic (exact) mass is 309 g/mol. The number of carbonyl (C=O) groups excluding carboxylic acids is 1. The van der Waals surface area contributed by atoms with Crippen LogP contribution in [0.4, 0.5) is 13.2 Å². The first-order chi connectivity index (χ1) is 10.5. The number of hydrogen-bond acceptors (Lipinski definition) is 1. The van der Waals surface area contributed by atoms with E-state index in [2.05, 4.69) is 0 Å². The molecule has 0 bridgehead atoms. The highest BCUT2D eigenvalue weighted by molar-refractivity contribution is 6.12. The predicted molar refractivity (Wildman–Crippen MR) is 77.8 cm³/mol. The predicted octanol–water partition coefficient (Wildman–Crippen LogP) is 4.10. The van der Waals surface area contributed by atoms with Gasteiger partial charge in [-0.3, -0.25) is 0 Å². The Balaban J connectivity index is 2.00. The Hall–Kier alpha value is -1.88. The molecule has 3 rings (SSSR count). The summed E-state index contributed by atoms with van der Waals surface area (Å²) in [6.07, 6.45) is 0.856. The Labute approximate surface area is 126 Å². The van der Waals surface area contributed by atoms with Crippen molar-refractivity contribution in [1.82, 2.24) is 0 Å². The van der Waals surface area contributed by atoms with Crippen LogP contribution in [0, 0.1) is 0 Å². The number of ketones is 1. The van der Waals surface area contributed by atoms with Crippen molar-refractivity contribution in [2.45, 2.75) is 19.0 Å². The van der Waals surface area contributed by atoms with Gasteiger partial charge < -0.3 is 4.74 Å². The van der Waals surface area contributed by atoms with Crippen LogP contribution < -0.4 is 0 Å². The first-order valence-corrected chi connectivity index (χ1v) is 7.19. The van der Waals surface area contributed by atoms with Crippen molar-refractivity contribution >= 4 is 11.4 Å². The summed E-state index contributed by atoms with van der Waals surface area (Å²) in [5.41, 5.74) is 4.00. The maximum Gasteiger partial charge on any atom is 0.479 e. The molecule has 116 valence electrons. The van der Waals surface area contributed by atoms with Crippen molar-refractivity contribution in [2.24, 2.45) is 0 Å². The molecule has 1 fully saturated rings. The van der Waals surface area contributed by atoms with E-state index < -0.39 is 12.8 Å². The molecule has 5 heteroatoms. The molecule has 1 saturated heterocycles. The zero-order valence-electron chi connectivity index (χ0n) is 12.0. The first kappa shape index (κ1) is 15.0. The average Bonchev–Trinajstić information content (AvgIpc) is 2.52. The second-order valence-electron chi connectivity index (χ2n) is 5.28. The van der Waals surface area contributed by atoms with Gasteiger partial charge in [0.15, 0.2) is 0 Å². The Bertz CT molecular complexity index is 646. The minimum absolute atomic E-state index is 0.268. The number of allylic oxidation sites excluding steroid dienone is 3. The molecule has 2 aliphatic rings. The molecule has 1 heterocycles. The number of hydrogen-bond donors (Lipinski definition) is 0. The van der Waals surface area contributed by atoms with E-state index in [1.807, 2.05) is 18.2 Å². The highest BCUT2D eigenvalue weighted by atomic mass is 19.4. The van der Waals surface area contributed by atoms with Gasteiger partial charge in [0.2, 0.25) is 0 Å². The average molecular weight is 309 g/mol. The van der Waals surface area contributed by atoms with E-state index in [1.54, 1.807) is 18.2 Å². The van der Waals surface area contributed by atoms with Gasteiger partial charge in [-0.05, 0) is 36.1 Å². The highest BCUT2D eigenvalue weighted by Crippen LogP contribution is 2.32. The Morgan fingerprint density at radius 1 is 1.00 bits per heavy atom. The molecule has 1 aromatic rings. The van der Waals surface area contributed by atoms with Crippen LogP contribution >= 0.6 is 0 Å². The number of benzene rings is 1. The summed E-state index contributed by atoms with van der Waals surface area (Å²) >= 11 is 0. The molecule has 0 saturated carbocycles. The van der Waals surface area contributed by atoms with Crippen LogP contribution in [-0.2, 0) is 4.74 Å². The highest BCUT2D eigenvalue weighted by Gasteiger charge is 2.36. The normalized spacial score (nSPS) is 20.4. The third kappa shape index (κ3) is 3.30. The summed E-state index contributed by atoms with van der Waals surface area (Å²) in [6.45, 7) is 0.104. The first-order valence-electron chi connectivity index (χ1n) is 7.19. The topological polar surface area (TPSA) is 20.5 Å². The Morgan fingerprint density at radius 3 is 2.36 bits per heavy atom. The van der Waals surface area contributed by atoms with Gasteiger partial charge in [-0.1, -0.05) is 23.8 Å². The van der Waals surface area contributed by atoms with Crippen molar-refractivity contribution in [3.63, 3.8) is 0 Å². The van der Waals surface area contributed by atoms with E-state index in [0.717, 1.165) is 24.0 Å². The molecule has 22 heavy (non-hydrogen) atoms. The fraction of sp³-hybridized carbons (Fsp3) is 0.353. The maximum atomic E-state index is 12.4. The van der Waals surface area contributed by atoms with E-state index in [-0.39, 0.29) is 5.78 Å². The number of halogens is 3. The molecular formula is C17H16F3O2+. The van der Waals surface area contributed by atoms with Gasteiger partial charge >= 0.3 is 18.6 Å². The van der Waals surface area contributed by atoms with E-state index in [1.165, 1.54) is 5.57 Å². The van der Waals surface area contributed by atoms with Crippen LogP contribution in [0.25, 0.3) is 5.57 Å². The number of fused-ring (bicyclic) bond motifs is 1. The van der Waals surface area contributed by atoms with Gasteiger partial charge in [0.25, 0.3) is 0 Å². The van der Waals surface area contributed by atoms with E-state index in [0.29, 0.717) is 18.8 Å². The van der Waals surface area contributed by atoms with E-state index in [9.17, 15) is 13.2 Å². The molecular weight excluding hydrogens is 293 g/mol. The van der Waals surface area contributed by atoms with Gasteiger partial charge in [0, 0.05) is 6.08 Å². The number of rotatable bonds is 1. The Morgan fingerprint density at radius 2 is 1.68 bits per heavy atom. The molecule has 1 aromatic carbocycles. The summed E-state index contributed by atoms with van der Waals surface area (Å²) in [6, 6.07) is 7.42.